The molecule has 0 bridgehead atoms. The average molecular weight is 353 g/mol. The molecule has 1 heterocycles. The summed E-state index contributed by atoms with van der Waals surface area (Å²) in [7, 11) is 0. The molecular formula is C13H16BrCl2NO. The highest BCUT2D eigenvalue weighted by Crippen LogP contribution is 2.24. The molecule has 1 aliphatic heterocycles. The van der Waals surface area contributed by atoms with Crippen LogP contribution in [0.5, 0.6) is 0 Å². The van der Waals surface area contributed by atoms with E-state index < -0.39 is 0 Å². The van der Waals surface area contributed by atoms with E-state index in [0.29, 0.717) is 16.1 Å². The maximum Gasteiger partial charge on any atom is 0.0799 e. The lowest BCUT2D eigenvalue weighted by atomic mass is 10.1. The highest BCUT2D eigenvalue weighted by Gasteiger charge is 2.25. The van der Waals surface area contributed by atoms with Crippen molar-refractivity contribution >= 4 is 39.1 Å². The van der Waals surface area contributed by atoms with Gasteiger partial charge in [0.1, 0.15) is 0 Å². The smallest absolute Gasteiger partial charge is 0.0799 e. The molecule has 1 aliphatic rings. The zero-order chi connectivity index (χ0) is 13.1. The number of alkyl halides is 1. The first-order valence-corrected chi connectivity index (χ1v) is 7.83. The Labute approximate surface area is 126 Å². The zero-order valence-corrected chi connectivity index (χ0v) is 13.3. The molecule has 1 saturated heterocycles. The van der Waals surface area contributed by atoms with Gasteiger partial charge in [-0.15, -0.1) is 0 Å². The normalized spacial score (nSPS) is 25.3. The summed E-state index contributed by atoms with van der Waals surface area (Å²) in [5, 5.41) is 2.10. The second-order valence-electron chi connectivity index (χ2n) is 4.64. The van der Waals surface area contributed by atoms with Gasteiger partial charge in [0.15, 0.2) is 0 Å². The summed E-state index contributed by atoms with van der Waals surface area (Å²) in [5.74, 6) is 0. The first kappa shape index (κ1) is 14.6. The molecule has 0 saturated carbocycles. The lowest BCUT2D eigenvalue weighted by Crippen LogP contribution is -2.48. The quantitative estimate of drug-likeness (QED) is 0.763. The molecule has 5 heteroatoms. The van der Waals surface area contributed by atoms with Crippen LogP contribution in [0.3, 0.4) is 0 Å². The number of benzene rings is 1. The second kappa shape index (κ2) is 6.58. The van der Waals surface area contributed by atoms with Crippen LogP contribution in [0.1, 0.15) is 12.5 Å². The van der Waals surface area contributed by atoms with Gasteiger partial charge in [-0.25, -0.2) is 0 Å². The lowest BCUT2D eigenvalue weighted by Gasteiger charge is -2.37. The van der Waals surface area contributed by atoms with Gasteiger partial charge in [0.05, 0.1) is 22.8 Å². The van der Waals surface area contributed by atoms with E-state index >= 15 is 0 Å². The van der Waals surface area contributed by atoms with Gasteiger partial charge >= 0.3 is 0 Å². The standard InChI is InChI=1S/C13H16BrCl2NO/c1-9-8-18-11(5-14)7-17(9)6-10-2-3-12(15)13(16)4-10/h2-4,9,11H,5-8H2,1H3. The fourth-order valence-corrected chi connectivity index (χ4v) is 2.77. The molecule has 1 aromatic carbocycles. The first-order chi connectivity index (χ1) is 8.60. The minimum atomic E-state index is 0.268. The maximum atomic E-state index is 6.04. The second-order valence-corrected chi connectivity index (χ2v) is 6.10. The number of rotatable bonds is 3. The van der Waals surface area contributed by atoms with Gasteiger partial charge < -0.3 is 4.74 Å². The van der Waals surface area contributed by atoms with Crippen molar-refractivity contribution in [3.63, 3.8) is 0 Å². The fourth-order valence-electron chi connectivity index (χ4n) is 2.06. The van der Waals surface area contributed by atoms with Gasteiger partial charge in [0.2, 0.25) is 0 Å². The summed E-state index contributed by atoms with van der Waals surface area (Å²) in [5.41, 5.74) is 1.19. The fraction of sp³-hybridized carbons (Fsp3) is 0.538. The summed E-state index contributed by atoms with van der Waals surface area (Å²) in [4.78, 5) is 2.41. The molecule has 2 atom stereocenters. The number of nitrogens with zero attached hydrogens (tertiary/aromatic N) is 1. The van der Waals surface area contributed by atoms with Crippen LogP contribution in [0, 0.1) is 0 Å². The Kier molecular flexibility index (Phi) is 5.34. The van der Waals surface area contributed by atoms with Crippen LogP contribution >= 0.6 is 39.1 Å². The van der Waals surface area contributed by atoms with Crippen molar-refractivity contribution in [1.29, 1.82) is 0 Å². The monoisotopic (exact) mass is 351 g/mol. The Morgan fingerprint density at radius 2 is 2.17 bits per heavy atom. The van der Waals surface area contributed by atoms with E-state index in [4.69, 9.17) is 27.9 Å². The van der Waals surface area contributed by atoms with E-state index in [1.54, 1.807) is 0 Å². The van der Waals surface area contributed by atoms with Gasteiger partial charge in [0, 0.05) is 24.5 Å². The van der Waals surface area contributed by atoms with Crippen molar-refractivity contribution < 1.29 is 4.74 Å². The lowest BCUT2D eigenvalue weighted by molar-refractivity contribution is -0.0499. The summed E-state index contributed by atoms with van der Waals surface area (Å²) in [6.07, 6.45) is 0.268. The van der Waals surface area contributed by atoms with Gasteiger partial charge in [0.25, 0.3) is 0 Å². The number of hydrogen-bond donors (Lipinski definition) is 0. The summed E-state index contributed by atoms with van der Waals surface area (Å²) < 4.78 is 5.71. The number of ether oxygens (including phenoxy) is 1. The number of hydrogen-bond acceptors (Lipinski definition) is 2. The van der Waals surface area contributed by atoms with Gasteiger partial charge in [-0.05, 0) is 24.6 Å². The molecule has 1 fully saturated rings. The highest BCUT2D eigenvalue weighted by atomic mass is 79.9. The Balaban J connectivity index is 2.04. The van der Waals surface area contributed by atoms with Crippen LogP contribution in [0.2, 0.25) is 10.0 Å². The van der Waals surface area contributed by atoms with Gasteiger partial charge in [-0.3, -0.25) is 4.90 Å². The topological polar surface area (TPSA) is 12.5 Å². The van der Waals surface area contributed by atoms with Crippen LogP contribution in [0.4, 0.5) is 0 Å². The number of halogens is 3. The van der Waals surface area contributed by atoms with Crippen LogP contribution in [0.25, 0.3) is 0 Å². The molecular weight excluding hydrogens is 337 g/mol. The Morgan fingerprint density at radius 1 is 1.39 bits per heavy atom. The first-order valence-electron chi connectivity index (χ1n) is 5.95. The SMILES string of the molecule is CC1COC(CBr)CN1Cc1ccc(Cl)c(Cl)c1. The molecule has 0 spiro atoms. The molecule has 0 radical (unpaired) electrons. The molecule has 0 amide bonds. The van der Waals surface area contributed by atoms with Gasteiger partial charge in [-0.1, -0.05) is 45.2 Å². The summed E-state index contributed by atoms with van der Waals surface area (Å²) in [6, 6.07) is 6.25. The largest absolute Gasteiger partial charge is 0.374 e. The Morgan fingerprint density at radius 3 is 2.83 bits per heavy atom. The summed E-state index contributed by atoms with van der Waals surface area (Å²) in [6.45, 7) is 4.77. The van der Waals surface area contributed by atoms with E-state index in [2.05, 4.69) is 27.8 Å². The predicted molar refractivity (Wildman–Crippen MR) is 79.9 cm³/mol. The Hall–Kier alpha value is 0.200. The van der Waals surface area contributed by atoms with E-state index in [1.165, 1.54) is 5.56 Å². The molecule has 2 nitrogen and oxygen atoms in total. The van der Waals surface area contributed by atoms with Crippen LogP contribution in [-0.4, -0.2) is 35.5 Å². The van der Waals surface area contributed by atoms with Crippen molar-refractivity contribution in [3.05, 3.63) is 33.8 Å². The van der Waals surface area contributed by atoms with Crippen molar-refractivity contribution in [2.24, 2.45) is 0 Å². The zero-order valence-electron chi connectivity index (χ0n) is 10.2. The van der Waals surface area contributed by atoms with E-state index in [9.17, 15) is 0 Å². The molecule has 0 aromatic heterocycles. The highest BCUT2D eigenvalue weighted by molar-refractivity contribution is 9.09. The Bertz CT molecular complexity index is 416. The van der Waals surface area contributed by atoms with Crippen molar-refractivity contribution in [2.45, 2.75) is 25.6 Å². The molecule has 2 rings (SSSR count). The van der Waals surface area contributed by atoms with Gasteiger partial charge in [-0.2, -0.15) is 0 Å². The maximum absolute atomic E-state index is 6.04. The van der Waals surface area contributed by atoms with Crippen LogP contribution in [-0.2, 0) is 11.3 Å². The average Bonchev–Trinajstić information content (AvgIpc) is 2.36. The molecule has 18 heavy (non-hydrogen) atoms. The number of morpholine rings is 1. The van der Waals surface area contributed by atoms with Crippen molar-refractivity contribution in [3.8, 4) is 0 Å². The summed E-state index contributed by atoms with van der Waals surface area (Å²) >= 11 is 15.4. The van der Waals surface area contributed by atoms with E-state index in [-0.39, 0.29) is 6.10 Å². The van der Waals surface area contributed by atoms with Crippen LogP contribution in [0.15, 0.2) is 18.2 Å². The third-order valence-electron chi connectivity index (χ3n) is 3.18. The van der Waals surface area contributed by atoms with Crippen molar-refractivity contribution in [2.75, 3.05) is 18.5 Å². The van der Waals surface area contributed by atoms with Crippen molar-refractivity contribution in [1.82, 2.24) is 4.90 Å². The van der Waals surface area contributed by atoms with E-state index in [1.807, 2.05) is 18.2 Å². The predicted octanol–water partition coefficient (Wildman–Crippen LogP) is 3.98. The minimum absolute atomic E-state index is 0.268. The third-order valence-corrected chi connectivity index (χ3v) is 4.64. The molecule has 0 aliphatic carbocycles. The minimum Gasteiger partial charge on any atom is -0.374 e. The molecule has 0 N–H and O–H groups in total. The van der Waals surface area contributed by atoms with E-state index in [0.717, 1.165) is 25.0 Å². The molecule has 1 aromatic rings. The molecule has 100 valence electrons. The molecule has 2 unspecified atom stereocenters. The van der Waals surface area contributed by atoms with Crippen LogP contribution < -0.4 is 0 Å². The third kappa shape index (κ3) is 3.61.